The highest BCUT2D eigenvalue weighted by atomic mass is 35.5. The summed E-state index contributed by atoms with van der Waals surface area (Å²) in [5.74, 6) is 6.55. The number of ether oxygens (including phenoxy) is 3. The van der Waals surface area contributed by atoms with Crippen LogP contribution >= 0.6 is 12.4 Å². The van der Waals surface area contributed by atoms with Gasteiger partial charge in [0.25, 0.3) is 0 Å². The average Bonchev–Trinajstić information content (AvgIpc) is 0.624. The van der Waals surface area contributed by atoms with Crippen LogP contribution in [0.3, 0.4) is 0 Å². The number of nitrogens with zero attached hydrogens (tertiary/aromatic N) is 11. The van der Waals surface area contributed by atoms with E-state index in [2.05, 4.69) is 22.0 Å². The highest BCUT2D eigenvalue weighted by Gasteiger charge is 3.13. The van der Waals surface area contributed by atoms with Gasteiger partial charge in [-0.05, 0) is 180 Å². The zero-order chi connectivity index (χ0) is 62.3. The van der Waals surface area contributed by atoms with E-state index >= 15 is 0 Å². The fraction of sp³-hybridized carbons (Fsp3) is 0.597. The minimum Gasteiger partial charge on any atom is -0.444 e. The van der Waals surface area contributed by atoms with E-state index in [9.17, 15) is 32.8 Å². The van der Waals surface area contributed by atoms with E-state index < -0.39 is 17.7 Å². The summed E-state index contributed by atoms with van der Waals surface area (Å²) in [6.07, 6.45) is 8.49. The highest BCUT2D eigenvalue weighted by Crippen LogP contribution is 3.07. The van der Waals surface area contributed by atoms with Crippen LogP contribution in [0.25, 0.3) is 23.0 Å². The molecule has 0 saturated heterocycles. The molecule has 23 heteroatoms. The summed E-state index contributed by atoms with van der Waals surface area (Å²) in [5.41, 5.74) is 6.00. The molecular formula is C67H79ClF2N12O8. The van der Waals surface area contributed by atoms with E-state index in [0.29, 0.717) is 144 Å². The summed E-state index contributed by atoms with van der Waals surface area (Å²) in [4.78, 5) is 73.6. The third kappa shape index (κ3) is 6.14. The van der Waals surface area contributed by atoms with Crippen molar-refractivity contribution in [2.45, 2.75) is 129 Å². The molecular weight excluding hydrogens is 1170 g/mol. The number of nitrogens with one attached hydrogen (secondary N) is 1. The molecule has 6 heterocycles. The number of hydrogen-bond donors (Lipinski definition) is 1. The van der Waals surface area contributed by atoms with Crippen molar-refractivity contribution in [1.29, 1.82) is 0 Å². The Morgan fingerprint density at radius 3 is 1.39 bits per heavy atom. The summed E-state index contributed by atoms with van der Waals surface area (Å²) < 4.78 is 56.8. The molecule has 20 nitrogen and oxygen atoms in total. The molecule has 2 aliphatic heterocycles. The molecule has 3 amide bonds. The SMILES string of the molecule is COCCN(C(C)=O)C12C3C4C1C1C2C3C41n1ccn(-c2c3c(nn2-c2cc(C)c(F)c(C)c2)CCN(C(=O)OC(C)(C)C)[C@H]3C)c1=O.COCCN(C(C)=O)C12C3C4C1C1C2C3C41n1ccn(-c2c3c(nn2-c2cc(C)c(F)c(C)c2)CCN[C@H]3C)c1=O.Cl. The van der Waals surface area contributed by atoms with Crippen LogP contribution in [-0.2, 0) is 47.7 Å². The molecule has 0 radical (unpaired) electrons. The second-order valence-electron chi connectivity index (χ2n) is 29.3. The first kappa shape index (κ1) is 58.2. The first-order valence-corrected chi connectivity index (χ1v) is 32.1. The van der Waals surface area contributed by atoms with Crippen molar-refractivity contribution in [1.82, 2.24) is 57.8 Å². The number of amides is 3. The van der Waals surface area contributed by atoms with Gasteiger partial charge in [0.2, 0.25) is 11.8 Å². The monoisotopic (exact) mass is 1250 g/mol. The van der Waals surface area contributed by atoms with E-state index in [-0.39, 0.29) is 75.4 Å². The number of fused-ring (bicyclic) bond motifs is 2. The van der Waals surface area contributed by atoms with E-state index in [4.69, 9.17) is 24.4 Å². The van der Waals surface area contributed by atoms with Gasteiger partial charge < -0.3 is 34.2 Å². The number of benzene rings is 2. The van der Waals surface area contributed by atoms with Crippen LogP contribution in [-0.4, -0.2) is 141 Å². The number of aryl methyl sites for hydroxylation is 4. The van der Waals surface area contributed by atoms with E-state index in [0.717, 1.165) is 47.0 Å². The van der Waals surface area contributed by atoms with Gasteiger partial charge in [0.1, 0.15) is 28.9 Å². The summed E-state index contributed by atoms with van der Waals surface area (Å²) in [6, 6.07) is 6.75. The maximum absolute atomic E-state index is 14.8. The van der Waals surface area contributed by atoms with Gasteiger partial charge in [-0.15, -0.1) is 12.4 Å². The van der Waals surface area contributed by atoms with Crippen molar-refractivity contribution in [2.75, 3.05) is 53.6 Å². The fourth-order valence-electron chi connectivity index (χ4n) is 22.9. The first-order valence-electron chi connectivity index (χ1n) is 32.1. The Labute approximate surface area is 526 Å². The number of carbonyl (C=O) groups is 3. The zero-order valence-electron chi connectivity index (χ0n) is 53.2. The van der Waals surface area contributed by atoms with Crippen molar-refractivity contribution >= 4 is 30.3 Å². The Kier molecular flexibility index (Phi) is 11.9. The van der Waals surface area contributed by atoms with Crippen LogP contribution in [0.15, 0.2) is 58.6 Å². The lowest BCUT2D eigenvalue weighted by Gasteiger charge is -3.11. The van der Waals surface area contributed by atoms with Crippen LogP contribution in [0.2, 0.25) is 0 Å². The van der Waals surface area contributed by atoms with Gasteiger partial charge >= 0.3 is 17.5 Å². The van der Waals surface area contributed by atoms with Crippen LogP contribution in [0.4, 0.5) is 13.6 Å². The number of methoxy groups -OCH3 is 2. The largest absolute Gasteiger partial charge is 0.444 e. The Morgan fingerprint density at radius 1 is 0.622 bits per heavy atom. The number of hydrogen-bond acceptors (Lipinski definition) is 11. The van der Waals surface area contributed by atoms with E-state index in [1.807, 2.05) is 78.4 Å². The molecule has 90 heavy (non-hydrogen) atoms. The Bertz CT molecular complexity index is 4140. The molecule has 476 valence electrons. The number of rotatable bonds is 14. The molecule has 4 aromatic heterocycles. The minimum atomic E-state index is -0.657. The van der Waals surface area contributed by atoms with Crippen molar-refractivity contribution in [3.05, 3.63) is 126 Å². The third-order valence-electron chi connectivity index (χ3n) is 25.3. The second-order valence-corrected chi connectivity index (χ2v) is 29.3. The van der Waals surface area contributed by atoms with E-state index in [1.165, 1.54) is 0 Å². The van der Waals surface area contributed by atoms with E-state index in [1.54, 1.807) is 86.6 Å². The quantitative estimate of drug-likeness (QED) is 0.118. The standard InChI is InChI=1S/C36H43FN6O5.C31H35FN6O3.ClH/c1-17-15-21(16-18(2)30(17)37)43-31(23-19(3)39(10-9-22(23)38-43)33(46)48-34(5,6)7)40-11-12-42(32(40)45)36-27-24-28(36)26-29(36)25(27)35(24,26)41(20(4)44)13-14-47-8;1-14-12-18(13-15(2)27(14)32)38-28(20-16(3)33-7-6-19(20)34-38)35-8-9-37(29(35)40)31-24-21-25(31)23-26(31)22(24)30(21,23)36(17(4)39)10-11-41-5;/h11-12,15-16,19,24-29H,9-10,13-14H2,1-8H3;8-9,12-13,16,21-26,33H,6-7,10-11H2,1-5H3;1H/t19-,24?,25?,26?,27?,28?,29?,35?,36?;16-,21?,22?,23?,24?,25?,26?,30?,31?;/m00./s1. The predicted octanol–water partition coefficient (Wildman–Crippen LogP) is 7.03. The Morgan fingerprint density at radius 2 is 1.01 bits per heavy atom. The molecule has 0 unspecified atom stereocenters. The topological polar surface area (TPSA) is 190 Å². The van der Waals surface area contributed by atoms with Crippen molar-refractivity contribution in [3.63, 3.8) is 0 Å². The summed E-state index contributed by atoms with van der Waals surface area (Å²) >= 11 is 0. The summed E-state index contributed by atoms with van der Waals surface area (Å²) in [6.45, 7) is 23.5. The van der Waals surface area contributed by atoms with Crippen LogP contribution in [0.1, 0.15) is 105 Å². The molecule has 14 aliphatic rings. The zero-order valence-corrected chi connectivity index (χ0v) is 54.0. The molecule has 0 bridgehead atoms. The molecule has 1 N–H and O–H groups in total. The summed E-state index contributed by atoms with van der Waals surface area (Å²) in [5, 5.41) is 13.5. The van der Waals surface area contributed by atoms with Crippen LogP contribution in [0.5, 0.6) is 0 Å². The first-order chi connectivity index (χ1) is 42.4. The van der Waals surface area contributed by atoms with Gasteiger partial charge in [-0.1, -0.05) is 0 Å². The smallest absolute Gasteiger partial charge is 0.410 e. The average molecular weight is 1250 g/mol. The molecule has 2 atom stereocenters. The lowest BCUT2D eigenvalue weighted by molar-refractivity contribution is -0.629. The lowest BCUT2D eigenvalue weighted by atomic mass is 8.95. The molecule has 6 aromatic rings. The van der Waals surface area contributed by atoms with Gasteiger partial charge in [-0.25, -0.2) is 32.5 Å². The highest BCUT2D eigenvalue weighted by molar-refractivity contribution is 5.85. The van der Waals surface area contributed by atoms with Gasteiger partial charge in [0, 0.05) is 109 Å². The van der Waals surface area contributed by atoms with Crippen LogP contribution < -0.4 is 16.7 Å². The van der Waals surface area contributed by atoms with Crippen molar-refractivity contribution < 1.29 is 37.4 Å². The number of carbonyl (C=O) groups excluding carboxylic acids is 3. The molecule has 12 saturated carbocycles. The fourth-order valence-corrected chi connectivity index (χ4v) is 22.9. The van der Waals surface area contributed by atoms with Gasteiger partial charge in [-0.3, -0.25) is 27.9 Å². The second kappa shape index (κ2) is 18.5. The van der Waals surface area contributed by atoms with Gasteiger partial charge in [0.15, 0.2) is 0 Å². The molecule has 2 aromatic carbocycles. The third-order valence-corrected chi connectivity index (χ3v) is 25.3. The van der Waals surface area contributed by atoms with Gasteiger partial charge in [-0.2, -0.15) is 10.2 Å². The molecule has 12 fully saturated rings. The van der Waals surface area contributed by atoms with Crippen molar-refractivity contribution in [3.8, 4) is 23.0 Å². The summed E-state index contributed by atoms with van der Waals surface area (Å²) in [7, 11) is 3.35. The van der Waals surface area contributed by atoms with Crippen LogP contribution in [0, 0.1) is 110 Å². The minimum absolute atomic E-state index is 0. The lowest BCUT2D eigenvalue weighted by Crippen LogP contribution is -3.17. The Balaban J connectivity index is 0.000000144. The molecule has 20 rings (SSSR count). The van der Waals surface area contributed by atoms with Crippen molar-refractivity contribution in [2.24, 2.45) is 71.0 Å². The Hall–Kier alpha value is -6.88. The number of halogens is 3. The predicted molar refractivity (Wildman–Crippen MR) is 327 cm³/mol. The number of aromatic nitrogens is 8. The van der Waals surface area contributed by atoms with Gasteiger partial charge in [0.05, 0.1) is 64.2 Å². The molecule has 12 aliphatic carbocycles. The maximum Gasteiger partial charge on any atom is 0.410 e. The molecule has 0 spiro atoms. The maximum atomic E-state index is 14.8. The normalized spacial score (nSPS) is 35.4. The number of imidazole rings is 2.